The predicted molar refractivity (Wildman–Crippen MR) is 76.1 cm³/mol. The lowest BCUT2D eigenvalue weighted by molar-refractivity contribution is 0.519. The van der Waals surface area contributed by atoms with Gasteiger partial charge in [0.25, 0.3) is 0 Å². The van der Waals surface area contributed by atoms with Crippen molar-refractivity contribution in [3.8, 4) is 0 Å². The van der Waals surface area contributed by atoms with E-state index in [0.717, 1.165) is 0 Å². The van der Waals surface area contributed by atoms with Crippen molar-refractivity contribution in [1.29, 1.82) is 0 Å². The molecule has 2 aromatic carbocycles. The zero-order valence-electron chi connectivity index (χ0n) is 11.0. The fourth-order valence-corrected chi connectivity index (χ4v) is 2.64. The van der Waals surface area contributed by atoms with Crippen molar-refractivity contribution >= 4 is 15.9 Å². The zero-order valence-corrected chi connectivity index (χ0v) is 12.6. The highest BCUT2D eigenvalue weighted by molar-refractivity contribution is 9.10. The van der Waals surface area contributed by atoms with Crippen LogP contribution in [0.4, 0.5) is 13.2 Å². The number of rotatable bonds is 3. The number of aryl methyl sites for hydroxylation is 1. The van der Waals surface area contributed by atoms with E-state index in [-0.39, 0.29) is 5.56 Å². The van der Waals surface area contributed by atoms with Crippen molar-refractivity contribution in [2.24, 2.45) is 0 Å². The van der Waals surface area contributed by atoms with Gasteiger partial charge >= 0.3 is 0 Å². The number of halogens is 4. The van der Waals surface area contributed by atoms with Gasteiger partial charge < -0.3 is 5.32 Å². The summed E-state index contributed by atoms with van der Waals surface area (Å²) in [6.45, 7) is 1.73. The van der Waals surface area contributed by atoms with Crippen molar-refractivity contribution in [2.75, 3.05) is 7.05 Å². The first kappa shape index (κ1) is 15.1. The van der Waals surface area contributed by atoms with Gasteiger partial charge in [-0.05, 0) is 49.4 Å². The van der Waals surface area contributed by atoms with Crippen LogP contribution in [0, 0.1) is 24.4 Å². The van der Waals surface area contributed by atoms with Gasteiger partial charge in [0, 0.05) is 10.0 Å². The quantitative estimate of drug-likeness (QED) is 0.866. The van der Waals surface area contributed by atoms with Gasteiger partial charge in [0.1, 0.15) is 17.5 Å². The molecule has 0 aliphatic carbocycles. The molecule has 1 nitrogen and oxygen atoms in total. The Morgan fingerprint density at radius 1 is 1.00 bits per heavy atom. The summed E-state index contributed by atoms with van der Waals surface area (Å²) in [6, 6.07) is 5.96. The van der Waals surface area contributed by atoms with Gasteiger partial charge in [0.2, 0.25) is 0 Å². The number of hydrogen-bond donors (Lipinski definition) is 1. The standard InChI is InChI=1S/C15H13BrF3N/c1-8-3-9(5-11(17)4-8)15(20-2)14-12(18)6-10(16)7-13(14)19/h3-7,15,20H,1-2H3. The topological polar surface area (TPSA) is 12.0 Å². The molecule has 0 aromatic heterocycles. The Hall–Kier alpha value is -1.33. The van der Waals surface area contributed by atoms with E-state index in [2.05, 4.69) is 21.2 Å². The predicted octanol–water partition coefficient (Wildman–Crippen LogP) is 4.48. The molecule has 1 atom stereocenters. The highest BCUT2D eigenvalue weighted by Gasteiger charge is 2.22. The van der Waals surface area contributed by atoms with Gasteiger partial charge in [-0.25, -0.2) is 13.2 Å². The van der Waals surface area contributed by atoms with Crippen molar-refractivity contribution in [2.45, 2.75) is 13.0 Å². The van der Waals surface area contributed by atoms with Crippen LogP contribution in [0.3, 0.4) is 0 Å². The van der Waals surface area contributed by atoms with Gasteiger partial charge in [-0.1, -0.05) is 22.0 Å². The van der Waals surface area contributed by atoms with Crippen LogP contribution in [0.15, 0.2) is 34.8 Å². The van der Waals surface area contributed by atoms with Crippen LogP contribution in [-0.2, 0) is 0 Å². The highest BCUT2D eigenvalue weighted by Crippen LogP contribution is 2.30. The van der Waals surface area contributed by atoms with E-state index in [4.69, 9.17) is 0 Å². The maximum Gasteiger partial charge on any atom is 0.132 e. The fraction of sp³-hybridized carbons (Fsp3) is 0.200. The summed E-state index contributed by atoms with van der Waals surface area (Å²) in [7, 11) is 1.58. The minimum absolute atomic E-state index is 0.124. The van der Waals surface area contributed by atoms with E-state index in [1.54, 1.807) is 20.0 Å². The smallest absolute Gasteiger partial charge is 0.132 e. The van der Waals surface area contributed by atoms with Crippen LogP contribution < -0.4 is 5.32 Å². The Balaban J connectivity index is 2.58. The van der Waals surface area contributed by atoms with Crippen LogP contribution in [0.2, 0.25) is 0 Å². The molecule has 0 saturated carbocycles. The number of nitrogens with one attached hydrogen (secondary N) is 1. The molecule has 5 heteroatoms. The molecule has 0 aliphatic heterocycles. The van der Waals surface area contributed by atoms with Crippen molar-refractivity contribution in [1.82, 2.24) is 5.32 Å². The second kappa shape index (κ2) is 5.97. The number of benzene rings is 2. The van der Waals surface area contributed by atoms with Crippen molar-refractivity contribution < 1.29 is 13.2 Å². The molecular weight excluding hydrogens is 331 g/mol. The first-order valence-electron chi connectivity index (χ1n) is 6.01. The SMILES string of the molecule is CNC(c1cc(C)cc(F)c1)c1c(F)cc(Br)cc1F. The molecule has 0 aliphatic rings. The Labute approximate surface area is 123 Å². The fourth-order valence-electron chi connectivity index (χ4n) is 2.24. The molecule has 0 fully saturated rings. The molecular formula is C15H13BrF3N. The normalized spacial score (nSPS) is 12.5. The summed E-state index contributed by atoms with van der Waals surface area (Å²) in [5.74, 6) is -1.80. The maximum atomic E-state index is 14.0. The van der Waals surface area contributed by atoms with Gasteiger partial charge in [0.15, 0.2) is 0 Å². The summed E-state index contributed by atoms with van der Waals surface area (Å²) < 4.78 is 41.9. The Kier molecular flexibility index (Phi) is 4.50. The van der Waals surface area contributed by atoms with Crippen molar-refractivity contribution in [3.05, 3.63) is 68.9 Å². The number of hydrogen-bond acceptors (Lipinski definition) is 1. The third kappa shape index (κ3) is 3.04. The van der Waals surface area contributed by atoms with Crippen molar-refractivity contribution in [3.63, 3.8) is 0 Å². The molecule has 0 radical (unpaired) electrons. The van der Waals surface area contributed by atoms with Crippen LogP contribution in [0.5, 0.6) is 0 Å². The summed E-state index contributed by atoms with van der Waals surface area (Å²) in [5, 5.41) is 2.83. The molecule has 0 bridgehead atoms. The second-order valence-corrected chi connectivity index (χ2v) is 5.48. The maximum absolute atomic E-state index is 14.0. The Bertz CT molecular complexity index is 600. The minimum Gasteiger partial charge on any atom is -0.309 e. The largest absolute Gasteiger partial charge is 0.309 e. The first-order valence-corrected chi connectivity index (χ1v) is 6.80. The molecule has 0 amide bonds. The van der Waals surface area contributed by atoms with E-state index >= 15 is 0 Å². The molecule has 2 aromatic rings. The van der Waals surface area contributed by atoms with E-state index in [1.807, 2.05) is 0 Å². The average molecular weight is 344 g/mol. The molecule has 2 rings (SSSR count). The summed E-state index contributed by atoms with van der Waals surface area (Å²) in [6.07, 6.45) is 0. The Morgan fingerprint density at radius 2 is 1.60 bits per heavy atom. The third-order valence-electron chi connectivity index (χ3n) is 3.02. The molecule has 0 spiro atoms. The first-order chi connectivity index (χ1) is 9.42. The lowest BCUT2D eigenvalue weighted by Crippen LogP contribution is -2.21. The van der Waals surface area contributed by atoms with Crippen LogP contribution in [0.1, 0.15) is 22.7 Å². The van der Waals surface area contributed by atoms with E-state index in [0.29, 0.717) is 15.6 Å². The molecule has 0 heterocycles. The van der Waals surface area contributed by atoms with E-state index < -0.39 is 23.5 Å². The summed E-state index contributed by atoms with van der Waals surface area (Å²) in [5.41, 5.74) is 1.05. The van der Waals surface area contributed by atoms with Gasteiger partial charge in [-0.3, -0.25) is 0 Å². The molecule has 0 saturated heterocycles. The van der Waals surface area contributed by atoms with Crippen LogP contribution in [0.25, 0.3) is 0 Å². The summed E-state index contributed by atoms with van der Waals surface area (Å²) in [4.78, 5) is 0. The second-order valence-electron chi connectivity index (χ2n) is 4.57. The Morgan fingerprint density at radius 3 is 2.10 bits per heavy atom. The monoisotopic (exact) mass is 343 g/mol. The van der Waals surface area contributed by atoms with Gasteiger partial charge in [-0.15, -0.1) is 0 Å². The average Bonchev–Trinajstić information content (AvgIpc) is 2.32. The van der Waals surface area contributed by atoms with E-state index in [1.165, 1.54) is 24.3 Å². The van der Waals surface area contributed by atoms with E-state index in [9.17, 15) is 13.2 Å². The molecule has 1 unspecified atom stereocenters. The molecule has 1 N–H and O–H groups in total. The lowest BCUT2D eigenvalue weighted by Gasteiger charge is -2.19. The lowest BCUT2D eigenvalue weighted by atomic mass is 9.96. The molecule has 106 valence electrons. The van der Waals surface area contributed by atoms with Gasteiger partial charge in [0.05, 0.1) is 6.04 Å². The minimum atomic E-state index is -0.752. The summed E-state index contributed by atoms with van der Waals surface area (Å²) >= 11 is 3.04. The third-order valence-corrected chi connectivity index (χ3v) is 3.48. The zero-order chi connectivity index (χ0) is 14.9. The molecule has 20 heavy (non-hydrogen) atoms. The van der Waals surface area contributed by atoms with Crippen LogP contribution in [-0.4, -0.2) is 7.05 Å². The highest BCUT2D eigenvalue weighted by atomic mass is 79.9. The van der Waals surface area contributed by atoms with Gasteiger partial charge in [-0.2, -0.15) is 0 Å². The van der Waals surface area contributed by atoms with Crippen LogP contribution >= 0.6 is 15.9 Å².